The van der Waals surface area contributed by atoms with Crippen molar-refractivity contribution < 1.29 is 24.1 Å². The predicted molar refractivity (Wildman–Crippen MR) is 151 cm³/mol. The van der Waals surface area contributed by atoms with Gasteiger partial charge in [-0.3, -0.25) is 4.79 Å². The van der Waals surface area contributed by atoms with Crippen LogP contribution >= 0.6 is 0 Å². The van der Waals surface area contributed by atoms with Crippen LogP contribution < -0.4 is 24.8 Å². The van der Waals surface area contributed by atoms with E-state index < -0.39 is 11.6 Å². The minimum Gasteiger partial charge on any atom is -0.489 e. The first-order valence-corrected chi connectivity index (χ1v) is 13.0. The SMILES string of the molecule is CCNCC(O)(COc1ccccc1)NC(=O)c1cc(OCc2ccccc2)ccc1OCc1ccccc1. The molecule has 202 valence electrons. The van der Waals surface area contributed by atoms with Crippen molar-refractivity contribution in [2.24, 2.45) is 0 Å². The third kappa shape index (κ3) is 8.60. The van der Waals surface area contributed by atoms with Gasteiger partial charge in [-0.1, -0.05) is 85.8 Å². The Bertz CT molecular complexity index is 1300. The van der Waals surface area contributed by atoms with Crippen molar-refractivity contribution >= 4 is 5.91 Å². The summed E-state index contributed by atoms with van der Waals surface area (Å²) in [5, 5.41) is 17.2. The van der Waals surface area contributed by atoms with Crippen molar-refractivity contribution in [1.29, 1.82) is 0 Å². The van der Waals surface area contributed by atoms with E-state index in [1.807, 2.05) is 85.8 Å². The molecule has 0 heterocycles. The Morgan fingerprint density at radius 1 is 0.744 bits per heavy atom. The number of carbonyl (C=O) groups excluding carboxylic acids is 1. The second-order valence-electron chi connectivity index (χ2n) is 9.07. The first-order chi connectivity index (χ1) is 19.0. The summed E-state index contributed by atoms with van der Waals surface area (Å²) in [4.78, 5) is 13.6. The molecule has 0 aliphatic rings. The van der Waals surface area contributed by atoms with Crippen molar-refractivity contribution in [3.8, 4) is 17.2 Å². The first-order valence-electron chi connectivity index (χ1n) is 13.0. The zero-order valence-corrected chi connectivity index (χ0v) is 22.0. The van der Waals surface area contributed by atoms with Crippen LogP contribution in [0, 0.1) is 0 Å². The highest BCUT2D eigenvalue weighted by atomic mass is 16.5. The summed E-state index contributed by atoms with van der Waals surface area (Å²) in [7, 11) is 0. The molecule has 4 aromatic carbocycles. The van der Waals surface area contributed by atoms with Gasteiger partial charge in [-0.25, -0.2) is 0 Å². The van der Waals surface area contributed by atoms with Crippen molar-refractivity contribution in [2.75, 3.05) is 19.7 Å². The molecule has 4 aromatic rings. The number of carbonyl (C=O) groups is 1. The molecule has 0 aromatic heterocycles. The van der Waals surface area contributed by atoms with Gasteiger partial charge in [-0.15, -0.1) is 0 Å². The van der Waals surface area contributed by atoms with Gasteiger partial charge in [0.2, 0.25) is 0 Å². The average molecular weight is 527 g/mol. The number of para-hydroxylation sites is 1. The van der Waals surface area contributed by atoms with E-state index in [9.17, 15) is 9.90 Å². The number of likely N-dealkylation sites (N-methyl/N-ethyl adjacent to an activating group) is 1. The van der Waals surface area contributed by atoms with Gasteiger partial charge in [0.25, 0.3) is 5.91 Å². The topological polar surface area (TPSA) is 89.1 Å². The van der Waals surface area contributed by atoms with E-state index in [1.165, 1.54) is 0 Å². The van der Waals surface area contributed by atoms with Crippen LogP contribution in [-0.4, -0.2) is 36.4 Å². The van der Waals surface area contributed by atoms with Gasteiger partial charge in [0.15, 0.2) is 5.72 Å². The van der Waals surface area contributed by atoms with Crippen molar-refractivity contribution in [1.82, 2.24) is 10.6 Å². The lowest BCUT2D eigenvalue weighted by Crippen LogP contribution is -2.58. The summed E-state index contributed by atoms with van der Waals surface area (Å²) in [6, 6.07) is 33.7. The number of aliphatic hydroxyl groups is 1. The fourth-order valence-corrected chi connectivity index (χ4v) is 3.84. The van der Waals surface area contributed by atoms with Gasteiger partial charge in [-0.05, 0) is 48.0 Å². The van der Waals surface area contributed by atoms with Crippen LogP contribution in [0.3, 0.4) is 0 Å². The Morgan fingerprint density at radius 2 is 1.33 bits per heavy atom. The standard InChI is InChI=1S/C32H34N2O5/c1-2-33-23-32(36,24-39-27-16-10-5-11-17-27)34-31(35)29-20-28(37-21-25-12-6-3-7-13-25)18-19-30(29)38-22-26-14-8-4-9-15-26/h3-20,33,36H,2,21-24H2,1H3,(H,34,35). The van der Waals surface area contributed by atoms with E-state index >= 15 is 0 Å². The normalized spacial score (nSPS) is 12.3. The molecule has 0 aliphatic heterocycles. The highest BCUT2D eigenvalue weighted by Crippen LogP contribution is 2.27. The summed E-state index contributed by atoms with van der Waals surface area (Å²) in [5.41, 5.74) is 0.533. The van der Waals surface area contributed by atoms with Gasteiger partial charge < -0.3 is 30.0 Å². The third-order valence-electron chi connectivity index (χ3n) is 5.92. The molecule has 1 amide bonds. The number of amides is 1. The van der Waals surface area contributed by atoms with Crippen LogP contribution in [0.15, 0.2) is 109 Å². The maximum atomic E-state index is 13.6. The lowest BCUT2D eigenvalue weighted by molar-refractivity contribution is -0.0271. The van der Waals surface area contributed by atoms with Gasteiger partial charge >= 0.3 is 0 Å². The van der Waals surface area contributed by atoms with Gasteiger partial charge in [0.05, 0.1) is 5.56 Å². The fourth-order valence-electron chi connectivity index (χ4n) is 3.84. The summed E-state index contributed by atoms with van der Waals surface area (Å²) in [5.74, 6) is 0.954. The van der Waals surface area contributed by atoms with Crippen LogP contribution in [0.4, 0.5) is 0 Å². The summed E-state index contributed by atoms with van der Waals surface area (Å²) in [6.45, 7) is 3.10. The van der Waals surface area contributed by atoms with E-state index in [0.717, 1.165) is 11.1 Å². The van der Waals surface area contributed by atoms with Crippen LogP contribution in [0.1, 0.15) is 28.4 Å². The molecule has 0 saturated carbocycles. The van der Waals surface area contributed by atoms with E-state index in [1.54, 1.807) is 30.3 Å². The maximum absolute atomic E-state index is 13.6. The molecule has 0 radical (unpaired) electrons. The predicted octanol–water partition coefficient (Wildman–Crippen LogP) is 4.95. The molecule has 0 spiro atoms. The van der Waals surface area contributed by atoms with Crippen LogP contribution in [0.25, 0.3) is 0 Å². The van der Waals surface area contributed by atoms with E-state index in [2.05, 4.69) is 10.6 Å². The second-order valence-corrected chi connectivity index (χ2v) is 9.07. The molecular weight excluding hydrogens is 492 g/mol. The number of hydrogen-bond donors (Lipinski definition) is 3. The Morgan fingerprint density at radius 3 is 1.95 bits per heavy atom. The van der Waals surface area contributed by atoms with E-state index in [4.69, 9.17) is 14.2 Å². The molecule has 7 nitrogen and oxygen atoms in total. The Hall–Kier alpha value is -4.33. The molecule has 0 saturated heterocycles. The Balaban J connectivity index is 1.54. The van der Waals surface area contributed by atoms with Gasteiger partial charge in [-0.2, -0.15) is 0 Å². The summed E-state index contributed by atoms with van der Waals surface area (Å²) < 4.78 is 17.8. The van der Waals surface area contributed by atoms with Crippen molar-refractivity contribution in [3.63, 3.8) is 0 Å². The molecule has 3 N–H and O–H groups in total. The molecule has 39 heavy (non-hydrogen) atoms. The average Bonchev–Trinajstić information content (AvgIpc) is 2.99. The number of rotatable bonds is 14. The smallest absolute Gasteiger partial charge is 0.257 e. The Labute approximate surface area is 229 Å². The molecule has 1 unspecified atom stereocenters. The van der Waals surface area contributed by atoms with Gasteiger partial charge in [0.1, 0.15) is 37.1 Å². The summed E-state index contributed by atoms with van der Waals surface area (Å²) >= 11 is 0. The molecule has 0 aliphatic carbocycles. The highest BCUT2D eigenvalue weighted by molar-refractivity contribution is 5.97. The van der Waals surface area contributed by atoms with Crippen LogP contribution in [0.5, 0.6) is 17.2 Å². The molecule has 4 rings (SSSR count). The number of ether oxygens (including phenoxy) is 3. The zero-order valence-electron chi connectivity index (χ0n) is 22.0. The van der Waals surface area contributed by atoms with Crippen molar-refractivity contribution in [2.45, 2.75) is 25.9 Å². The van der Waals surface area contributed by atoms with Crippen LogP contribution in [-0.2, 0) is 13.2 Å². The van der Waals surface area contributed by atoms with Crippen molar-refractivity contribution in [3.05, 3.63) is 126 Å². The molecule has 7 heteroatoms. The minimum atomic E-state index is -1.68. The number of benzene rings is 4. The van der Waals surface area contributed by atoms with E-state index in [-0.39, 0.29) is 25.3 Å². The lowest BCUT2D eigenvalue weighted by atomic mass is 10.1. The van der Waals surface area contributed by atoms with Gasteiger partial charge in [0, 0.05) is 6.54 Å². The van der Waals surface area contributed by atoms with Crippen LogP contribution in [0.2, 0.25) is 0 Å². The monoisotopic (exact) mass is 526 g/mol. The first kappa shape index (κ1) is 27.7. The number of hydrogen-bond acceptors (Lipinski definition) is 6. The molecule has 1 atom stereocenters. The zero-order chi connectivity index (χ0) is 27.3. The second kappa shape index (κ2) is 14.0. The third-order valence-corrected chi connectivity index (χ3v) is 5.92. The molecular formula is C32H34N2O5. The maximum Gasteiger partial charge on any atom is 0.257 e. The highest BCUT2D eigenvalue weighted by Gasteiger charge is 2.31. The number of nitrogens with one attached hydrogen (secondary N) is 2. The fraction of sp³-hybridized carbons (Fsp3) is 0.219. The molecule has 0 fully saturated rings. The van der Waals surface area contributed by atoms with E-state index in [0.29, 0.717) is 30.4 Å². The summed E-state index contributed by atoms with van der Waals surface area (Å²) in [6.07, 6.45) is 0. The minimum absolute atomic E-state index is 0.0898. The largest absolute Gasteiger partial charge is 0.489 e. The Kier molecular flexibility index (Phi) is 9.94. The lowest BCUT2D eigenvalue weighted by Gasteiger charge is -2.30. The molecule has 0 bridgehead atoms. The quantitative estimate of drug-likeness (QED) is 0.202.